The molecule has 11 heteroatoms. The lowest BCUT2D eigenvalue weighted by Crippen LogP contribution is -2.47. The third-order valence-electron chi connectivity index (χ3n) is 8.61. The van der Waals surface area contributed by atoms with Crippen LogP contribution in [0.3, 0.4) is 0 Å². The van der Waals surface area contributed by atoms with Gasteiger partial charge >= 0.3 is 0 Å². The van der Waals surface area contributed by atoms with Crippen LogP contribution in [0.4, 0.5) is 11.4 Å². The summed E-state index contributed by atoms with van der Waals surface area (Å²) in [5.74, 6) is 1.04. The van der Waals surface area contributed by atoms with E-state index in [1.54, 1.807) is 36.2 Å². The Bertz CT molecular complexity index is 1590. The Morgan fingerprint density at radius 1 is 0.816 bits per heavy atom. The number of rotatable bonds is 16. The summed E-state index contributed by atoms with van der Waals surface area (Å²) in [7, 11) is 5.28. The van der Waals surface area contributed by atoms with Gasteiger partial charge in [-0.25, -0.2) is 0 Å². The molecule has 0 aromatic heterocycles. The molecule has 1 fully saturated rings. The number of ether oxygens (including phenoxy) is 3. The first-order valence-electron chi connectivity index (χ1n) is 17.0. The van der Waals surface area contributed by atoms with Gasteiger partial charge in [-0.2, -0.15) is 0 Å². The number of carbonyl (C=O) groups excluding carboxylic acids is 3. The van der Waals surface area contributed by atoms with Crippen LogP contribution >= 0.6 is 0 Å². The van der Waals surface area contributed by atoms with Crippen molar-refractivity contribution in [2.45, 2.75) is 46.0 Å². The van der Waals surface area contributed by atoms with Gasteiger partial charge in [0.05, 0.1) is 37.3 Å². The molecule has 0 unspecified atom stereocenters. The molecular weight excluding hydrogens is 622 g/mol. The van der Waals surface area contributed by atoms with Crippen molar-refractivity contribution in [1.29, 1.82) is 0 Å². The van der Waals surface area contributed by atoms with Gasteiger partial charge < -0.3 is 40.0 Å². The number of nitrogens with two attached hydrogens (primary N) is 1. The van der Waals surface area contributed by atoms with E-state index in [2.05, 4.69) is 17.3 Å². The van der Waals surface area contributed by atoms with E-state index < -0.39 is 0 Å². The van der Waals surface area contributed by atoms with Gasteiger partial charge in [0.25, 0.3) is 11.8 Å². The molecule has 0 atom stereocenters. The summed E-state index contributed by atoms with van der Waals surface area (Å²) >= 11 is 0. The first kappa shape index (κ1) is 37.2. The van der Waals surface area contributed by atoms with Crippen LogP contribution < -0.4 is 30.2 Å². The number of hydrogen-bond acceptors (Lipinski definition) is 8. The standard InChI is InChI=1S/C38H51N5O6/c1-27-11-14-30(33(24-27)48-23-9-17-39)37(45)40-31-15-13-29(26-34(31)47-5)38(46)42(4)32-16-12-28(2)25-35(32)49-22-8-6-7-10-36(44)43-20-18-41(3)19-21-43/h11-16,24-26H,6-10,17-23,39H2,1-5H3,(H,40,45). The lowest BCUT2D eigenvalue weighted by Gasteiger charge is -2.32. The normalized spacial score (nSPS) is 13.1. The molecule has 0 bridgehead atoms. The maximum absolute atomic E-state index is 13.7. The highest BCUT2D eigenvalue weighted by atomic mass is 16.5. The maximum Gasteiger partial charge on any atom is 0.259 e. The average molecular weight is 674 g/mol. The van der Waals surface area contributed by atoms with Crippen molar-refractivity contribution in [3.05, 3.63) is 76.9 Å². The van der Waals surface area contributed by atoms with E-state index >= 15 is 0 Å². The van der Waals surface area contributed by atoms with Crippen molar-refractivity contribution < 1.29 is 28.6 Å². The highest BCUT2D eigenvalue weighted by Crippen LogP contribution is 2.32. The third-order valence-corrected chi connectivity index (χ3v) is 8.61. The van der Waals surface area contributed by atoms with Gasteiger partial charge in [0, 0.05) is 45.2 Å². The quantitative estimate of drug-likeness (QED) is 0.197. The van der Waals surface area contributed by atoms with Crippen LogP contribution in [0, 0.1) is 13.8 Å². The molecule has 1 aliphatic rings. The van der Waals surface area contributed by atoms with E-state index in [0.29, 0.717) is 72.4 Å². The molecule has 4 rings (SSSR count). The molecule has 1 heterocycles. The lowest BCUT2D eigenvalue weighted by atomic mass is 10.1. The summed E-state index contributed by atoms with van der Waals surface area (Å²) in [6.07, 6.45) is 3.73. The topological polar surface area (TPSA) is 127 Å². The Labute approximate surface area is 290 Å². The summed E-state index contributed by atoms with van der Waals surface area (Å²) in [6.45, 7) is 8.73. The SMILES string of the molecule is COc1cc(C(=O)N(C)c2ccc(C)cc2OCCCCCC(=O)N2CCN(C)CC2)ccc1NC(=O)c1ccc(C)cc1OCCCN. The number of nitrogens with zero attached hydrogens (tertiary/aromatic N) is 3. The second-order valence-corrected chi connectivity index (χ2v) is 12.5. The predicted octanol–water partition coefficient (Wildman–Crippen LogP) is 5.28. The highest BCUT2D eigenvalue weighted by molar-refractivity contribution is 6.09. The number of amides is 3. The largest absolute Gasteiger partial charge is 0.495 e. The van der Waals surface area contributed by atoms with E-state index in [1.165, 1.54) is 7.11 Å². The van der Waals surface area contributed by atoms with E-state index in [0.717, 1.165) is 56.6 Å². The van der Waals surface area contributed by atoms with Crippen molar-refractivity contribution in [1.82, 2.24) is 9.80 Å². The smallest absolute Gasteiger partial charge is 0.259 e. The number of carbonyl (C=O) groups is 3. The number of nitrogens with one attached hydrogen (secondary N) is 1. The zero-order valence-corrected chi connectivity index (χ0v) is 29.5. The van der Waals surface area contributed by atoms with E-state index in [9.17, 15) is 14.4 Å². The minimum Gasteiger partial charge on any atom is -0.495 e. The Morgan fingerprint density at radius 3 is 2.20 bits per heavy atom. The molecule has 49 heavy (non-hydrogen) atoms. The van der Waals surface area contributed by atoms with Crippen LogP contribution in [-0.4, -0.2) is 94.7 Å². The van der Waals surface area contributed by atoms with Gasteiger partial charge in [-0.05, 0) is 107 Å². The first-order chi connectivity index (χ1) is 23.6. The van der Waals surface area contributed by atoms with Gasteiger partial charge in [-0.3, -0.25) is 14.4 Å². The summed E-state index contributed by atoms with van der Waals surface area (Å²) in [5, 5.41) is 2.90. The van der Waals surface area contributed by atoms with Crippen LogP contribution in [0.2, 0.25) is 0 Å². The summed E-state index contributed by atoms with van der Waals surface area (Å²) in [5.41, 5.74) is 9.41. The number of methoxy groups -OCH3 is 1. The molecule has 0 aliphatic carbocycles. The summed E-state index contributed by atoms with van der Waals surface area (Å²) in [4.78, 5) is 45.3. The zero-order valence-electron chi connectivity index (χ0n) is 29.5. The van der Waals surface area contributed by atoms with Crippen molar-refractivity contribution in [3.8, 4) is 17.2 Å². The molecule has 3 aromatic carbocycles. The van der Waals surface area contributed by atoms with Crippen molar-refractivity contribution >= 4 is 29.1 Å². The number of aryl methyl sites for hydroxylation is 2. The molecule has 0 radical (unpaired) electrons. The van der Waals surface area contributed by atoms with E-state index in [-0.39, 0.29) is 17.7 Å². The Balaban J connectivity index is 1.36. The Kier molecular flexibility index (Phi) is 13.8. The number of benzene rings is 3. The van der Waals surface area contributed by atoms with E-state index in [4.69, 9.17) is 19.9 Å². The minimum absolute atomic E-state index is 0.228. The molecule has 1 aliphatic heterocycles. The number of hydrogen-bond donors (Lipinski definition) is 2. The Morgan fingerprint density at radius 2 is 1.49 bits per heavy atom. The fraction of sp³-hybridized carbons (Fsp3) is 0.447. The van der Waals surface area contributed by atoms with Gasteiger partial charge in [-0.1, -0.05) is 12.1 Å². The summed E-state index contributed by atoms with van der Waals surface area (Å²) < 4.78 is 17.6. The number of piperazine rings is 1. The predicted molar refractivity (Wildman–Crippen MR) is 193 cm³/mol. The van der Waals surface area contributed by atoms with Gasteiger partial charge in [0.15, 0.2) is 0 Å². The second kappa shape index (κ2) is 18.2. The fourth-order valence-corrected chi connectivity index (χ4v) is 5.59. The Hall–Kier alpha value is -4.61. The van der Waals surface area contributed by atoms with Gasteiger partial charge in [0.1, 0.15) is 17.2 Å². The lowest BCUT2D eigenvalue weighted by molar-refractivity contribution is -0.132. The van der Waals surface area contributed by atoms with Crippen LogP contribution in [0.5, 0.6) is 17.2 Å². The molecule has 264 valence electrons. The monoisotopic (exact) mass is 673 g/mol. The average Bonchev–Trinajstić information content (AvgIpc) is 3.09. The minimum atomic E-state index is -0.361. The molecule has 0 spiro atoms. The molecular formula is C38H51N5O6. The third kappa shape index (κ3) is 10.4. The van der Waals surface area contributed by atoms with Crippen LogP contribution in [-0.2, 0) is 4.79 Å². The van der Waals surface area contributed by atoms with Crippen LogP contribution in [0.25, 0.3) is 0 Å². The molecule has 3 amide bonds. The number of unbranched alkanes of at least 4 members (excludes halogenated alkanes) is 2. The summed E-state index contributed by atoms with van der Waals surface area (Å²) in [6, 6.07) is 16.0. The molecule has 11 nitrogen and oxygen atoms in total. The molecule has 3 N–H and O–H groups in total. The second-order valence-electron chi connectivity index (χ2n) is 12.5. The molecule has 3 aromatic rings. The zero-order chi connectivity index (χ0) is 35.3. The van der Waals surface area contributed by atoms with Gasteiger partial charge in [-0.15, -0.1) is 0 Å². The van der Waals surface area contributed by atoms with Crippen molar-refractivity contribution in [3.63, 3.8) is 0 Å². The van der Waals surface area contributed by atoms with E-state index in [1.807, 2.05) is 49.1 Å². The molecule has 0 saturated carbocycles. The number of likely N-dealkylation sites (N-methyl/N-ethyl adjacent to an activating group) is 1. The molecule has 1 saturated heterocycles. The maximum atomic E-state index is 13.7. The van der Waals surface area contributed by atoms with Crippen LogP contribution in [0.1, 0.15) is 63.9 Å². The highest BCUT2D eigenvalue weighted by Gasteiger charge is 2.22. The fourth-order valence-electron chi connectivity index (χ4n) is 5.59. The first-order valence-corrected chi connectivity index (χ1v) is 17.0. The van der Waals surface area contributed by atoms with Crippen molar-refractivity contribution in [2.24, 2.45) is 5.73 Å². The van der Waals surface area contributed by atoms with Crippen LogP contribution in [0.15, 0.2) is 54.6 Å². The van der Waals surface area contributed by atoms with Gasteiger partial charge in [0.2, 0.25) is 5.91 Å². The number of anilines is 2. The van der Waals surface area contributed by atoms with Crippen molar-refractivity contribution in [2.75, 3.05) is 77.4 Å².